The highest BCUT2D eigenvalue weighted by Crippen LogP contribution is 2.39. The third kappa shape index (κ3) is 2.88. The van der Waals surface area contributed by atoms with Gasteiger partial charge in [-0.3, -0.25) is 0 Å². The van der Waals surface area contributed by atoms with Crippen molar-refractivity contribution in [1.29, 1.82) is 0 Å². The summed E-state index contributed by atoms with van der Waals surface area (Å²) in [5, 5.41) is 0. The molecular formula is C17H25N3. The van der Waals surface area contributed by atoms with E-state index in [1.807, 2.05) is 0 Å². The first-order valence-electron chi connectivity index (χ1n) is 7.65. The molecule has 1 unspecified atom stereocenters. The van der Waals surface area contributed by atoms with Crippen molar-refractivity contribution in [3.8, 4) is 0 Å². The number of hydrogen-bond donors (Lipinski definition) is 1. The predicted molar refractivity (Wildman–Crippen MR) is 83.8 cm³/mol. The Balaban J connectivity index is 1.89. The fraction of sp³-hybridized carbons (Fsp3) is 0.588. The molecule has 0 aliphatic heterocycles. The van der Waals surface area contributed by atoms with E-state index in [4.69, 9.17) is 10.7 Å². The summed E-state index contributed by atoms with van der Waals surface area (Å²) in [6.07, 6.45) is 4.47. The number of para-hydroxylation sites is 2. The summed E-state index contributed by atoms with van der Waals surface area (Å²) in [4.78, 5) is 4.83. The maximum atomic E-state index is 6.35. The van der Waals surface area contributed by atoms with E-state index in [0.717, 1.165) is 18.4 Å². The van der Waals surface area contributed by atoms with Gasteiger partial charge in [-0.1, -0.05) is 32.9 Å². The Morgan fingerprint density at radius 1 is 1.30 bits per heavy atom. The number of hydrogen-bond acceptors (Lipinski definition) is 2. The van der Waals surface area contributed by atoms with Crippen LogP contribution in [-0.2, 0) is 6.42 Å². The molecule has 1 atom stereocenters. The van der Waals surface area contributed by atoms with E-state index in [1.165, 1.54) is 24.2 Å². The molecule has 0 saturated heterocycles. The fourth-order valence-electron chi connectivity index (χ4n) is 3.07. The van der Waals surface area contributed by atoms with E-state index in [0.29, 0.717) is 6.04 Å². The molecule has 0 radical (unpaired) electrons. The lowest BCUT2D eigenvalue weighted by Gasteiger charge is -2.23. The second kappa shape index (κ2) is 4.88. The van der Waals surface area contributed by atoms with Crippen LogP contribution in [0.2, 0.25) is 0 Å². The number of nitrogens with two attached hydrogens (primary N) is 1. The van der Waals surface area contributed by atoms with Crippen LogP contribution in [0.5, 0.6) is 0 Å². The molecule has 0 spiro atoms. The largest absolute Gasteiger partial charge is 0.327 e. The highest BCUT2D eigenvalue weighted by molar-refractivity contribution is 5.76. The average Bonchev–Trinajstić information content (AvgIpc) is 3.08. The predicted octanol–water partition coefficient (Wildman–Crippen LogP) is 3.68. The van der Waals surface area contributed by atoms with E-state index in [2.05, 4.69) is 49.6 Å². The Morgan fingerprint density at radius 3 is 2.65 bits per heavy atom. The van der Waals surface area contributed by atoms with E-state index in [1.54, 1.807) is 0 Å². The van der Waals surface area contributed by atoms with Crippen LogP contribution in [0.15, 0.2) is 24.3 Å². The van der Waals surface area contributed by atoms with E-state index in [-0.39, 0.29) is 11.5 Å². The average molecular weight is 271 g/mol. The summed E-state index contributed by atoms with van der Waals surface area (Å²) in [6.45, 7) is 6.74. The third-order valence-electron chi connectivity index (χ3n) is 3.90. The number of imidazole rings is 1. The summed E-state index contributed by atoms with van der Waals surface area (Å²) in [7, 11) is 0. The zero-order valence-electron chi connectivity index (χ0n) is 12.8. The van der Waals surface area contributed by atoms with E-state index >= 15 is 0 Å². The third-order valence-corrected chi connectivity index (χ3v) is 3.90. The summed E-state index contributed by atoms with van der Waals surface area (Å²) in [5.41, 5.74) is 9.00. The second-order valence-corrected chi connectivity index (χ2v) is 7.35. The molecule has 1 saturated carbocycles. The lowest BCUT2D eigenvalue weighted by molar-refractivity contribution is 0.335. The molecule has 108 valence electrons. The standard InChI is InChI=1S/C17H25N3/c1-17(2,3)11-12(18)10-16-19-14-6-4-5-7-15(14)20(16)13-8-9-13/h4-7,12-13H,8-11,18H2,1-3H3. The lowest BCUT2D eigenvalue weighted by atomic mass is 9.87. The number of nitrogens with zero attached hydrogens (tertiary/aromatic N) is 2. The summed E-state index contributed by atoms with van der Waals surface area (Å²) in [6, 6.07) is 9.28. The first kappa shape index (κ1) is 13.6. The van der Waals surface area contributed by atoms with Crippen LogP contribution in [0.3, 0.4) is 0 Å². The normalized spacial score (nSPS) is 17.6. The Bertz CT molecular complexity index is 602. The van der Waals surface area contributed by atoms with Gasteiger partial charge in [0.1, 0.15) is 5.82 Å². The monoisotopic (exact) mass is 271 g/mol. The minimum absolute atomic E-state index is 0.185. The van der Waals surface area contributed by atoms with Gasteiger partial charge in [-0.05, 0) is 36.8 Å². The Hall–Kier alpha value is -1.35. The molecule has 20 heavy (non-hydrogen) atoms. The fourth-order valence-corrected chi connectivity index (χ4v) is 3.07. The number of aromatic nitrogens is 2. The Morgan fingerprint density at radius 2 is 2.00 bits per heavy atom. The quantitative estimate of drug-likeness (QED) is 0.922. The van der Waals surface area contributed by atoms with Gasteiger partial charge in [0.05, 0.1) is 11.0 Å². The van der Waals surface area contributed by atoms with E-state index < -0.39 is 0 Å². The minimum Gasteiger partial charge on any atom is -0.327 e. The second-order valence-electron chi connectivity index (χ2n) is 7.35. The van der Waals surface area contributed by atoms with Crippen LogP contribution in [0.1, 0.15) is 51.9 Å². The van der Waals surface area contributed by atoms with Crippen molar-refractivity contribution in [2.75, 3.05) is 0 Å². The van der Waals surface area contributed by atoms with Crippen LogP contribution in [0, 0.1) is 5.41 Å². The molecule has 2 aromatic rings. The van der Waals surface area contributed by atoms with Gasteiger partial charge in [-0.15, -0.1) is 0 Å². The summed E-state index contributed by atoms with van der Waals surface area (Å²) >= 11 is 0. The highest BCUT2D eigenvalue weighted by atomic mass is 15.1. The van der Waals surface area contributed by atoms with Crippen molar-refractivity contribution in [1.82, 2.24) is 9.55 Å². The molecule has 0 amide bonds. The van der Waals surface area contributed by atoms with Gasteiger partial charge in [-0.2, -0.15) is 0 Å². The van der Waals surface area contributed by atoms with Crippen molar-refractivity contribution in [3.63, 3.8) is 0 Å². The zero-order chi connectivity index (χ0) is 14.3. The molecule has 3 nitrogen and oxygen atoms in total. The molecule has 2 N–H and O–H groups in total. The number of rotatable bonds is 4. The Kier molecular flexibility index (Phi) is 3.33. The lowest BCUT2D eigenvalue weighted by Crippen LogP contribution is -2.29. The Labute approximate surface area is 121 Å². The van der Waals surface area contributed by atoms with Gasteiger partial charge in [-0.25, -0.2) is 4.98 Å². The molecule has 1 aliphatic rings. The molecule has 3 heteroatoms. The van der Waals surface area contributed by atoms with Crippen LogP contribution in [0.4, 0.5) is 0 Å². The molecule has 1 aromatic heterocycles. The highest BCUT2D eigenvalue weighted by Gasteiger charge is 2.29. The topological polar surface area (TPSA) is 43.8 Å². The molecule has 0 bridgehead atoms. The van der Waals surface area contributed by atoms with Gasteiger partial charge >= 0.3 is 0 Å². The van der Waals surface area contributed by atoms with Crippen LogP contribution in [-0.4, -0.2) is 15.6 Å². The molecule has 1 heterocycles. The van der Waals surface area contributed by atoms with Crippen molar-refractivity contribution in [2.24, 2.45) is 11.1 Å². The van der Waals surface area contributed by atoms with Gasteiger partial charge < -0.3 is 10.3 Å². The molecule has 1 aliphatic carbocycles. The van der Waals surface area contributed by atoms with Crippen LogP contribution in [0.25, 0.3) is 11.0 Å². The maximum Gasteiger partial charge on any atom is 0.111 e. The SMILES string of the molecule is CC(C)(C)CC(N)Cc1nc2ccccc2n1C1CC1. The number of benzene rings is 1. The van der Waals surface area contributed by atoms with Gasteiger partial charge in [0.2, 0.25) is 0 Å². The van der Waals surface area contributed by atoms with Crippen molar-refractivity contribution in [2.45, 2.75) is 58.5 Å². The summed E-state index contributed by atoms with van der Waals surface area (Å²) in [5.74, 6) is 1.17. The van der Waals surface area contributed by atoms with Gasteiger partial charge in [0, 0.05) is 18.5 Å². The van der Waals surface area contributed by atoms with Crippen molar-refractivity contribution in [3.05, 3.63) is 30.1 Å². The van der Waals surface area contributed by atoms with E-state index in [9.17, 15) is 0 Å². The summed E-state index contributed by atoms with van der Waals surface area (Å²) < 4.78 is 2.43. The number of fused-ring (bicyclic) bond motifs is 1. The van der Waals surface area contributed by atoms with Gasteiger partial charge in [0.25, 0.3) is 0 Å². The van der Waals surface area contributed by atoms with Crippen molar-refractivity contribution >= 4 is 11.0 Å². The van der Waals surface area contributed by atoms with Gasteiger partial charge in [0.15, 0.2) is 0 Å². The molecular weight excluding hydrogens is 246 g/mol. The van der Waals surface area contributed by atoms with Crippen LogP contribution < -0.4 is 5.73 Å². The molecule has 1 fully saturated rings. The first-order valence-corrected chi connectivity index (χ1v) is 7.65. The first-order chi connectivity index (χ1) is 9.44. The molecule has 3 rings (SSSR count). The van der Waals surface area contributed by atoms with Crippen molar-refractivity contribution < 1.29 is 0 Å². The zero-order valence-corrected chi connectivity index (χ0v) is 12.8. The molecule has 1 aromatic carbocycles. The minimum atomic E-state index is 0.185. The maximum absolute atomic E-state index is 6.35. The smallest absolute Gasteiger partial charge is 0.111 e. The van der Waals surface area contributed by atoms with Crippen LogP contribution >= 0.6 is 0 Å².